The van der Waals surface area contributed by atoms with E-state index >= 15 is 0 Å². The van der Waals surface area contributed by atoms with Gasteiger partial charge in [0.1, 0.15) is 6.04 Å². The van der Waals surface area contributed by atoms with Crippen molar-refractivity contribution in [3.8, 4) is 0 Å². The van der Waals surface area contributed by atoms with Crippen molar-refractivity contribution in [2.24, 2.45) is 10.9 Å². The molecule has 7 heteroatoms. The summed E-state index contributed by atoms with van der Waals surface area (Å²) in [5, 5.41) is 2.76. The Labute approximate surface area is 140 Å². The highest BCUT2D eigenvalue weighted by Crippen LogP contribution is 2.30. The van der Waals surface area contributed by atoms with Gasteiger partial charge in [-0.1, -0.05) is 30.3 Å². The van der Waals surface area contributed by atoms with Crippen molar-refractivity contribution in [2.45, 2.75) is 13.0 Å². The predicted octanol–water partition coefficient (Wildman–Crippen LogP) is 0.725. The summed E-state index contributed by atoms with van der Waals surface area (Å²) < 4.78 is 10.4. The molecule has 0 radical (unpaired) electrons. The first-order valence-electron chi connectivity index (χ1n) is 8.13. The van der Waals surface area contributed by atoms with E-state index in [0.29, 0.717) is 32.3 Å². The maximum Gasteiger partial charge on any atom is 0.321 e. The van der Waals surface area contributed by atoms with E-state index in [1.807, 2.05) is 35.2 Å². The summed E-state index contributed by atoms with van der Waals surface area (Å²) >= 11 is 0. The van der Waals surface area contributed by atoms with Gasteiger partial charge in [0.25, 0.3) is 0 Å². The van der Waals surface area contributed by atoms with Crippen LogP contribution in [0.3, 0.4) is 0 Å². The molecule has 1 N–H and O–H groups in total. The lowest BCUT2D eigenvalue weighted by atomic mass is 9.91. The molecular formula is C17H21N3O4. The summed E-state index contributed by atoms with van der Waals surface area (Å²) in [5.41, 5.74) is 0.816. The summed E-state index contributed by atoms with van der Waals surface area (Å²) in [6.45, 7) is 4.44. The van der Waals surface area contributed by atoms with Crippen LogP contribution in [-0.4, -0.2) is 55.6 Å². The predicted molar refractivity (Wildman–Crippen MR) is 87.3 cm³/mol. The molecule has 1 fully saturated rings. The Balaban J connectivity index is 1.94. The van der Waals surface area contributed by atoms with Crippen molar-refractivity contribution >= 4 is 17.8 Å². The van der Waals surface area contributed by atoms with Gasteiger partial charge in [0.05, 0.1) is 19.8 Å². The van der Waals surface area contributed by atoms with E-state index in [1.165, 1.54) is 0 Å². The largest absolute Gasteiger partial charge is 0.465 e. The molecule has 2 aliphatic rings. The van der Waals surface area contributed by atoms with Crippen LogP contribution < -0.4 is 5.32 Å². The maximum atomic E-state index is 12.6. The van der Waals surface area contributed by atoms with Crippen LogP contribution in [0.4, 0.5) is 0 Å². The lowest BCUT2D eigenvalue weighted by molar-refractivity contribution is -0.153. The number of nitrogens with one attached hydrogen (secondary N) is 1. The maximum absolute atomic E-state index is 12.6. The second-order valence-corrected chi connectivity index (χ2v) is 5.63. The number of benzene rings is 1. The molecule has 1 saturated heterocycles. The lowest BCUT2D eigenvalue weighted by Gasteiger charge is -2.35. The molecule has 0 spiro atoms. The highest BCUT2D eigenvalue weighted by atomic mass is 16.5. The van der Waals surface area contributed by atoms with Crippen molar-refractivity contribution in [3.05, 3.63) is 35.9 Å². The summed E-state index contributed by atoms with van der Waals surface area (Å²) in [4.78, 5) is 31.5. The number of amides is 1. The van der Waals surface area contributed by atoms with E-state index < -0.39 is 17.9 Å². The third kappa shape index (κ3) is 3.41. The van der Waals surface area contributed by atoms with Crippen LogP contribution in [0.15, 0.2) is 35.3 Å². The van der Waals surface area contributed by atoms with Crippen LogP contribution in [0.25, 0.3) is 0 Å². The summed E-state index contributed by atoms with van der Waals surface area (Å²) in [6.07, 6.45) is 0. The number of ether oxygens (including phenoxy) is 2. The zero-order valence-electron chi connectivity index (χ0n) is 13.6. The van der Waals surface area contributed by atoms with Crippen molar-refractivity contribution in [2.75, 3.05) is 32.9 Å². The second kappa shape index (κ2) is 7.44. The first-order valence-corrected chi connectivity index (χ1v) is 8.13. The molecule has 2 aliphatic heterocycles. The molecule has 24 heavy (non-hydrogen) atoms. The molecule has 128 valence electrons. The summed E-state index contributed by atoms with van der Waals surface area (Å²) in [5.74, 6) is -1.40. The number of esters is 1. The molecule has 0 saturated carbocycles. The molecule has 0 aliphatic carbocycles. The van der Waals surface area contributed by atoms with E-state index in [4.69, 9.17) is 9.47 Å². The van der Waals surface area contributed by atoms with Gasteiger partial charge in [-0.25, -0.2) is 4.99 Å². The fraction of sp³-hybridized carbons (Fsp3) is 0.471. The van der Waals surface area contributed by atoms with Gasteiger partial charge in [0.15, 0.2) is 5.92 Å². The topological polar surface area (TPSA) is 80.2 Å². The number of morpholine rings is 1. The van der Waals surface area contributed by atoms with Gasteiger partial charge in [0, 0.05) is 13.1 Å². The molecule has 0 aromatic heterocycles. The van der Waals surface area contributed by atoms with Gasteiger partial charge in [0.2, 0.25) is 11.9 Å². The summed E-state index contributed by atoms with van der Waals surface area (Å²) in [6, 6.07) is 8.78. The Morgan fingerprint density at radius 1 is 1.33 bits per heavy atom. The number of rotatable bonds is 3. The zero-order chi connectivity index (χ0) is 16.9. The number of aliphatic imine (C=N–C) groups is 1. The Morgan fingerprint density at radius 2 is 2.04 bits per heavy atom. The average Bonchev–Trinajstić information content (AvgIpc) is 2.62. The van der Waals surface area contributed by atoms with Crippen LogP contribution >= 0.6 is 0 Å². The summed E-state index contributed by atoms with van der Waals surface area (Å²) in [7, 11) is 0. The van der Waals surface area contributed by atoms with Gasteiger partial charge < -0.3 is 14.4 Å². The quantitative estimate of drug-likeness (QED) is 0.652. The highest BCUT2D eigenvalue weighted by molar-refractivity contribution is 6.08. The fourth-order valence-electron chi connectivity index (χ4n) is 2.89. The molecule has 2 heterocycles. The van der Waals surface area contributed by atoms with Crippen LogP contribution in [0.2, 0.25) is 0 Å². The SMILES string of the molecule is CCOC(=O)[C@@H]1C(=O)NC(N2CCOCC2)=N[C@@H]1c1ccccc1. The molecular weight excluding hydrogens is 310 g/mol. The van der Waals surface area contributed by atoms with Gasteiger partial charge >= 0.3 is 5.97 Å². The number of hydrogen-bond donors (Lipinski definition) is 1. The number of carbonyl (C=O) groups is 2. The Bertz CT molecular complexity index is 626. The Morgan fingerprint density at radius 3 is 2.71 bits per heavy atom. The van der Waals surface area contributed by atoms with Gasteiger partial charge in [-0.15, -0.1) is 0 Å². The molecule has 1 amide bonds. The molecule has 1 aromatic carbocycles. The van der Waals surface area contributed by atoms with Crippen LogP contribution in [-0.2, 0) is 19.1 Å². The molecule has 0 unspecified atom stereocenters. The minimum atomic E-state index is -0.975. The molecule has 1 aromatic rings. The van der Waals surface area contributed by atoms with Crippen molar-refractivity contribution < 1.29 is 19.1 Å². The lowest BCUT2D eigenvalue weighted by Crippen LogP contribution is -2.55. The molecule has 0 bridgehead atoms. The van der Waals surface area contributed by atoms with Crippen molar-refractivity contribution in [3.63, 3.8) is 0 Å². The van der Waals surface area contributed by atoms with E-state index in [-0.39, 0.29) is 12.5 Å². The van der Waals surface area contributed by atoms with E-state index in [9.17, 15) is 9.59 Å². The molecule has 3 rings (SSSR count). The number of nitrogens with zero attached hydrogens (tertiary/aromatic N) is 2. The third-order valence-corrected chi connectivity index (χ3v) is 4.09. The van der Waals surface area contributed by atoms with Gasteiger partial charge in [-0.2, -0.15) is 0 Å². The Kier molecular flexibility index (Phi) is 5.10. The normalized spacial score (nSPS) is 24.1. The van der Waals surface area contributed by atoms with Crippen LogP contribution in [0, 0.1) is 5.92 Å². The molecule has 2 atom stereocenters. The fourth-order valence-corrected chi connectivity index (χ4v) is 2.89. The smallest absolute Gasteiger partial charge is 0.321 e. The monoisotopic (exact) mass is 331 g/mol. The van der Waals surface area contributed by atoms with Crippen molar-refractivity contribution in [1.82, 2.24) is 10.2 Å². The van der Waals surface area contributed by atoms with E-state index in [2.05, 4.69) is 10.3 Å². The third-order valence-electron chi connectivity index (χ3n) is 4.09. The van der Waals surface area contributed by atoms with Gasteiger partial charge in [-0.05, 0) is 12.5 Å². The van der Waals surface area contributed by atoms with Crippen molar-refractivity contribution in [1.29, 1.82) is 0 Å². The van der Waals surface area contributed by atoms with Gasteiger partial charge in [-0.3, -0.25) is 14.9 Å². The second-order valence-electron chi connectivity index (χ2n) is 5.63. The van der Waals surface area contributed by atoms with E-state index in [1.54, 1.807) is 6.92 Å². The van der Waals surface area contributed by atoms with Crippen LogP contribution in [0.1, 0.15) is 18.5 Å². The average molecular weight is 331 g/mol. The number of carbonyl (C=O) groups excluding carboxylic acids is 2. The number of hydrogen-bond acceptors (Lipinski definition) is 6. The van der Waals surface area contributed by atoms with Crippen LogP contribution in [0.5, 0.6) is 0 Å². The first kappa shape index (κ1) is 16.4. The minimum Gasteiger partial charge on any atom is -0.465 e. The standard InChI is InChI=1S/C17H21N3O4/c1-2-24-16(22)13-14(12-6-4-3-5-7-12)18-17(19-15(13)21)20-8-10-23-11-9-20/h3-7,13-14H,2,8-11H2,1H3,(H,18,19,21)/t13-,14+/m0/s1. The first-order chi connectivity index (χ1) is 11.7. The highest BCUT2D eigenvalue weighted by Gasteiger charge is 2.41. The molecule has 7 nitrogen and oxygen atoms in total. The Hall–Kier alpha value is -2.41. The zero-order valence-corrected chi connectivity index (χ0v) is 13.6. The minimum absolute atomic E-state index is 0.226. The number of guanidine groups is 1. The van der Waals surface area contributed by atoms with E-state index in [0.717, 1.165) is 5.56 Å².